The average molecular weight is 379 g/mol. The molecule has 1 N–H and O–H groups in total. The summed E-state index contributed by atoms with van der Waals surface area (Å²) < 4.78 is 30.5. The Hall–Kier alpha value is -2.58. The van der Waals surface area contributed by atoms with Gasteiger partial charge in [0.1, 0.15) is 15.7 Å². The van der Waals surface area contributed by atoms with Gasteiger partial charge in [-0.2, -0.15) is 0 Å². The zero-order valence-electron chi connectivity index (χ0n) is 13.5. The van der Waals surface area contributed by atoms with Crippen LogP contribution < -0.4 is 10.3 Å². The first kappa shape index (κ1) is 17.2. The summed E-state index contributed by atoms with van der Waals surface area (Å²) >= 11 is 5.87. The van der Waals surface area contributed by atoms with E-state index in [1.807, 2.05) is 6.07 Å². The number of nitrogens with one attached hydrogen (secondary N) is 1. The predicted octanol–water partition coefficient (Wildman–Crippen LogP) is 2.33. The van der Waals surface area contributed by atoms with Crippen molar-refractivity contribution in [2.24, 2.45) is 7.05 Å². The smallest absolute Gasteiger partial charge is 0.283 e. The quantitative estimate of drug-likeness (QED) is 0.706. The molecule has 2 heterocycles. The van der Waals surface area contributed by atoms with Crippen molar-refractivity contribution >= 4 is 27.3 Å². The number of hydrogen-bond donors (Lipinski definition) is 1. The van der Waals surface area contributed by atoms with Crippen LogP contribution in [0.2, 0.25) is 5.15 Å². The summed E-state index contributed by atoms with van der Waals surface area (Å²) in [6.45, 7) is 1.66. The van der Waals surface area contributed by atoms with E-state index in [0.29, 0.717) is 11.4 Å². The molecule has 0 radical (unpaired) electrons. The van der Waals surface area contributed by atoms with Gasteiger partial charge in [-0.05, 0) is 31.2 Å². The Labute approximate surface area is 149 Å². The SMILES string of the molecule is Cc1c(NS(=O)(=O)c2cccnc2Cl)c(=O)n(-c2ccccc2)n1C. The predicted molar refractivity (Wildman–Crippen MR) is 95.8 cm³/mol. The summed E-state index contributed by atoms with van der Waals surface area (Å²) in [6, 6.07) is 11.7. The lowest BCUT2D eigenvalue weighted by molar-refractivity contribution is 0.601. The molecule has 0 aliphatic carbocycles. The molecule has 3 aromatic rings. The number of nitrogens with zero attached hydrogens (tertiary/aromatic N) is 3. The summed E-state index contributed by atoms with van der Waals surface area (Å²) in [5.74, 6) is 0. The third-order valence-electron chi connectivity index (χ3n) is 3.81. The average Bonchev–Trinajstić information content (AvgIpc) is 2.79. The van der Waals surface area contributed by atoms with Gasteiger partial charge in [-0.1, -0.05) is 29.8 Å². The van der Waals surface area contributed by atoms with Crippen molar-refractivity contribution in [1.29, 1.82) is 0 Å². The second kappa shape index (κ2) is 6.38. The van der Waals surface area contributed by atoms with Gasteiger partial charge in [0.05, 0.1) is 11.4 Å². The van der Waals surface area contributed by atoms with Crippen molar-refractivity contribution in [3.05, 3.63) is 69.9 Å². The normalized spacial score (nSPS) is 11.5. The zero-order chi connectivity index (χ0) is 18.2. The molecule has 3 rings (SSSR count). The zero-order valence-corrected chi connectivity index (χ0v) is 15.0. The van der Waals surface area contributed by atoms with Gasteiger partial charge in [-0.25, -0.2) is 18.1 Å². The summed E-state index contributed by atoms with van der Waals surface area (Å²) in [7, 11) is -2.37. The van der Waals surface area contributed by atoms with Crippen molar-refractivity contribution in [2.45, 2.75) is 11.8 Å². The van der Waals surface area contributed by atoms with E-state index in [9.17, 15) is 13.2 Å². The highest BCUT2D eigenvalue weighted by molar-refractivity contribution is 7.92. The molecule has 0 atom stereocenters. The number of para-hydroxylation sites is 1. The lowest BCUT2D eigenvalue weighted by Gasteiger charge is -2.08. The minimum Gasteiger partial charge on any atom is -0.283 e. The fourth-order valence-electron chi connectivity index (χ4n) is 2.45. The second-order valence-electron chi connectivity index (χ2n) is 5.33. The van der Waals surface area contributed by atoms with Gasteiger partial charge in [0.25, 0.3) is 15.6 Å². The third-order valence-corrected chi connectivity index (χ3v) is 5.60. The standard InChI is InChI=1S/C16H15ClN4O3S/c1-11-14(19-25(23,24)13-9-6-10-18-15(13)17)16(22)21(20(11)2)12-7-4-3-5-8-12/h3-10,19H,1-2H3. The number of hydrogen-bond acceptors (Lipinski definition) is 4. The number of sulfonamides is 1. The van der Waals surface area contributed by atoms with Crippen molar-refractivity contribution < 1.29 is 8.42 Å². The molecule has 1 aromatic carbocycles. The highest BCUT2D eigenvalue weighted by Crippen LogP contribution is 2.22. The van der Waals surface area contributed by atoms with Gasteiger partial charge in [0.2, 0.25) is 0 Å². The van der Waals surface area contributed by atoms with E-state index < -0.39 is 15.6 Å². The maximum atomic E-state index is 12.8. The van der Waals surface area contributed by atoms with Crippen LogP contribution in [0.15, 0.2) is 58.4 Å². The molecular weight excluding hydrogens is 364 g/mol. The van der Waals surface area contributed by atoms with Crippen LogP contribution in [0.25, 0.3) is 5.69 Å². The summed E-state index contributed by atoms with van der Waals surface area (Å²) in [6.07, 6.45) is 1.39. The topological polar surface area (TPSA) is 86.0 Å². The van der Waals surface area contributed by atoms with E-state index in [-0.39, 0.29) is 15.7 Å². The van der Waals surface area contributed by atoms with E-state index in [1.165, 1.54) is 23.0 Å². The first-order valence-corrected chi connectivity index (χ1v) is 9.16. The molecular formula is C16H15ClN4O3S. The van der Waals surface area contributed by atoms with Crippen molar-refractivity contribution in [3.63, 3.8) is 0 Å². The molecule has 0 amide bonds. The first-order valence-electron chi connectivity index (χ1n) is 7.30. The molecule has 0 spiro atoms. The van der Waals surface area contributed by atoms with Gasteiger partial charge < -0.3 is 0 Å². The number of pyridine rings is 1. The lowest BCUT2D eigenvalue weighted by atomic mass is 10.3. The van der Waals surface area contributed by atoms with E-state index in [4.69, 9.17) is 11.6 Å². The second-order valence-corrected chi connectivity index (χ2v) is 7.34. The van der Waals surface area contributed by atoms with Gasteiger partial charge in [0.15, 0.2) is 0 Å². The van der Waals surface area contributed by atoms with Crippen molar-refractivity contribution in [1.82, 2.24) is 14.3 Å². The molecule has 7 nitrogen and oxygen atoms in total. The Morgan fingerprint density at radius 1 is 1.12 bits per heavy atom. The Kier molecular flexibility index (Phi) is 4.40. The van der Waals surface area contributed by atoms with Crippen LogP contribution in [0.3, 0.4) is 0 Å². The number of halogens is 1. The summed E-state index contributed by atoms with van der Waals surface area (Å²) in [4.78, 5) is 16.3. The Balaban J connectivity index is 2.11. The van der Waals surface area contributed by atoms with Gasteiger partial charge in [-0.3, -0.25) is 14.2 Å². The molecule has 25 heavy (non-hydrogen) atoms. The van der Waals surface area contributed by atoms with Crippen molar-refractivity contribution in [3.8, 4) is 5.69 Å². The fraction of sp³-hybridized carbons (Fsp3) is 0.125. The monoisotopic (exact) mass is 378 g/mol. The number of benzene rings is 1. The third kappa shape index (κ3) is 3.06. The molecule has 0 unspecified atom stereocenters. The number of aromatic nitrogens is 3. The number of rotatable bonds is 4. The first-order chi connectivity index (χ1) is 11.8. The van der Waals surface area contributed by atoms with Crippen LogP contribution in [0.5, 0.6) is 0 Å². The van der Waals surface area contributed by atoms with Gasteiger partial charge in [-0.15, -0.1) is 0 Å². The maximum Gasteiger partial charge on any atom is 0.296 e. The molecule has 0 aliphatic heterocycles. The Bertz CT molecular complexity index is 1090. The van der Waals surface area contributed by atoms with E-state index in [0.717, 1.165) is 0 Å². The van der Waals surface area contributed by atoms with Crippen LogP contribution in [0, 0.1) is 6.92 Å². The van der Waals surface area contributed by atoms with Crippen LogP contribution in [0.4, 0.5) is 5.69 Å². The van der Waals surface area contributed by atoms with Crippen LogP contribution in [0.1, 0.15) is 5.69 Å². The molecule has 0 saturated heterocycles. The largest absolute Gasteiger partial charge is 0.296 e. The van der Waals surface area contributed by atoms with Crippen molar-refractivity contribution in [2.75, 3.05) is 4.72 Å². The minimum atomic E-state index is -4.05. The van der Waals surface area contributed by atoms with E-state index in [1.54, 1.807) is 42.9 Å². The van der Waals surface area contributed by atoms with E-state index in [2.05, 4.69) is 9.71 Å². The molecule has 9 heteroatoms. The molecule has 0 aliphatic rings. The Morgan fingerprint density at radius 2 is 1.80 bits per heavy atom. The van der Waals surface area contributed by atoms with Crippen LogP contribution in [-0.4, -0.2) is 22.8 Å². The molecule has 130 valence electrons. The maximum absolute atomic E-state index is 12.8. The molecule has 2 aromatic heterocycles. The van der Waals surface area contributed by atoms with Gasteiger partial charge >= 0.3 is 0 Å². The lowest BCUT2D eigenvalue weighted by Crippen LogP contribution is -2.23. The summed E-state index contributed by atoms with van der Waals surface area (Å²) in [5.41, 5.74) is 0.585. The molecule has 0 fully saturated rings. The van der Waals surface area contributed by atoms with Gasteiger partial charge in [0, 0.05) is 13.2 Å². The Morgan fingerprint density at radius 3 is 2.44 bits per heavy atom. The number of anilines is 1. The molecule has 0 bridgehead atoms. The highest BCUT2D eigenvalue weighted by Gasteiger charge is 2.24. The van der Waals surface area contributed by atoms with E-state index >= 15 is 0 Å². The summed E-state index contributed by atoms with van der Waals surface area (Å²) in [5, 5.41) is -0.160. The molecule has 0 saturated carbocycles. The fourth-order valence-corrected chi connectivity index (χ4v) is 4.02. The minimum absolute atomic E-state index is 0.0359. The highest BCUT2D eigenvalue weighted by atomic mass is 35.5. The van der Waals surface area contributed by atoms with Crippen LogP contribution in [-0.2, 0) is 17.1 Å². The van der Waals surface area contributed by atoms with Crippen LogP contribution >= 0.6 is 11.6 Å².